The van der Waals surface area contributed by atoms with Crippen molar-refractivity contribution in [3.8, 4) is 34.5 Å². The minimum absolute atomic E-state index is 0.0396. The molecule has 9 heterocycles. The van der Waals surface area contributed by atoms with Gasteiger partial charge in [-0.25, -0.2) is 49.2 Å². The van der Waals surface area contributed by atoms with Gasteiger partial charge in [-0.1, -0.05) is 12.1 Å². The summed E-state index contributed by atoms with van der Waals surface area (Å²) in [5.74, 6) is 2.04. The SMILES string of the molecule is Cc1cc(Oc2cncnc2)cc(C(=O)Cc2cc(F)ccn2)n1.Cc1ccc(CC(=O)c2cc(Oc3cncnc3)cc(C)n2)nc1.Cc1cccc(CC(=O)c2cc(Oc3cncnc3)cc(C)n2)n1. The van der Waals surface area contributed by atoms with E-state index >= 15 is 0 Å². The fourth-order valence-electron chi connectivity index (χ4n) is 6.55. The van der Waals surface area contributed by atoms with E-state index in [2.05, 4.69) is 59.8 Å². The third-order valence-electron chi connectivity index (χ3n) is 9.68. The summed E-state index contributed by atoms with van der Waals surface area (Å²) in [4.78, 5) is 86.1. The van der Waals surface area contributed by atoms with E-state index in [0.29, 0.717) is 74.4 Å². The molecule has 9 aromatic rings. The van der Waals surface area contributed by atoms with Crippen molar-refractivity contribution in [3.63, 3.8) is 0 Å². The van der Waals surface area contributed by atoms with E-state index in [1.165, 1.54) is 55.8 Å². The van der Waals surface area contributed by atoms with Crippen molar-refractivity contribution < 1.29 is 33.0 Å². The number of carbonyl (C=O) groups excluding carboxylic acids is 3. The Morgan fingerprint density at radius 2 is 0.847 bits per heavy atom. The van der Waals surface area contributed by atoms with Crippen LogP contribution in [0, 0.1) is 40.4 Å². The number of ether oxygens (including phenoxy) is 3. The van der Waals surface area contributed by atoms with Crippen LogP contribution in [0.1, 0.15) is 76.9 Å². The van der Waals surface area contributed by atoms with Crippen LogP contribution >= 0.6 is 0 Å². The maximum Gasteiger partial charge on any atom is 0.187 e. The Morgan fingerprint density at radius 1 is 0.417 bits per heavy atom. The Bertz CT molecular complexity index is 3140. The number of aromatic nitrogens is 12. The average molecular weight is 965 g/mol. The van der Waals surface area contributed by atoms with E-state index in [9.17, 15) is 18.8 Å². The highest BCUT2D eigenvalue weighted by Crippen LogP contribution is 2.25. The monoisotopic (exact) mass is 964 g/mol. The Kier molecular flexibility index (Phi) is 17.3. The smallest absolute Gasteiger partial charge is 0.187 e. The molecule has 0 saturated carbocycles. The van der Waals surface area contributed by atoms with Crippen molar-refractivity contribution in [1.82, 2.24) is 59.8 Å². The summed E-state index contributed by atoms with van der Waals surface area (Å²) in [6.45, 7) is 9.24. The van der Waals surface area contributed by atoms with Gasteiger partial charge >= 0.3 is 0 Å². The molecular formula is C53H45FN12O6. The Balaban J connectivity index is 0.000000158. The van der Waals surface area contributed by atoms with Gasteiger partial charge in [0.25, 0.3) is 0 Å². The number of carbonyl (C=O) groups is 3. The van der Waals surface area contributed by atoms with Gasteiger partial charge in [0.2, 0.25) is 0 Å². The van der Waals surface area contributed by atoms with Gasteiger partial charge in [0.1, 0.15) is 59.1 Å². The molecule has 0 bridgehead atoms. The van der Waals surface area contributed by atoms with Gasteiger partial charge in [-0.05, 0) is 70.5 Å². The molecule has 9 rings (SSSR count). The van der Waals surface area contributed by atoms with Gasteiger partial charge in [-0.2, -0.15) is 0 Å². The zero-order valence-electron chi connectivity index (χ0n) is 39.7. The standard InChI is InChI=1S/2C18H16N4O2.C17H13FN4O2/c1-12-3-4-14(21-8-12)6-18(23)17-7-15(5-13(2)22-17)24-16-9-19-11-20-10-16;1-12-4-3-5-14(21-12)7-18(23)17-8-15(6-13(2)22-17)24-16-9-19-11-20-10-16;1-11-4-14(24-15-8-19-10-20-9-15)7-16(22-11)17(23)6-13-5-12(18)2-3-21-13/h3-5,7-11H,6H2,1-2H3;3-6,8-11H,7H2,1-2H3;2-5,7-10H,6H2,1H3. The molecule has 0 atom stereocenters. The Morgan fingerprint density at radius 3 is 1.25 bits per heavy atom. The first kappa shape index (κ1) is 50.4. The molecule has 19 heteroatoms. The lowest BCUT2D eigenvalue weighted by atomic mass is 10.1. The zero-order chi connectivity index (χ0) is 50.8. The highest BCUT2D eigenvalue weighted by atomic mass is 19.1. The molecular weight excluding hydrogens is 920 g/mol. The van der Waals surface area contributed by atoms with Crippen LogP contribution < -0.4 is 14.2 Å². The normalized spacial score (nSPS) is 10.4. The van der Waals surface area contributed by atoms with Crippen LogP contribution in [0.5, 0.6) is 34.5 Å². The van der Waals surface area contributed by atoms with Crippen LogP contribution in [0.4, 0.5) is 4.39 Å². The summed E-state index contributed by atoms with van der Waals surface area (Å²) < 4.78 is 30.2. The summed E-state index contributed by atoms with van der Waals surface area (Å²) in [6, 6.07) is 21.8. The summed E-state index contributed by atoms with van der Waals surface area (Å²) in [5, 5.41) is 0. The number of Topliss-reactive ketones (excluding diaryl/α,β-unsaturated/α-hetero) is 3. The van der Waals surface area contributed by atoms with Crippen molar-refractivity contribution in [2.24, 2.45) is 0 Å². The van der Waals surface area contributed by atoms with Gasteiger partial charge in [0.15, 0.2) is 34.6 Å². The van der Waals surface area contributed by atoms with E-state index in [-0.39, 0.29) is 42.3 Å². The highest BCUT2D eigenvalue weighted by Gasteiger charge is 2.16. The second kappa shape index (κ2) is 24.7. The van der Waals surface area contributed by atoms with Crippen LogP contribution in [0.3, 0.4) is 0 Å². The molecule has 360 valence electrons. The number of ketones is 3. The third-order valence-corrected chi connectivity index (χ3v) is 9.68. The molecule has 0 N–H and O–H groups in total. The van der Waals surface area contributed by atoms with Gasteiger partial charge in [-0.15, -0.1) is 0 Å². The number of nitrogens with zero attached hydrogens (tertiary/aromatic N) is 12. The van der Waals surface area contributed by atoms with Gasteiger partial charge < -0.3 is 14.2 Å². The van der Waals surface area contributed by atoms with Crippen LogP contribution in [0.15, 0.2) is 147 Å². The highest BCUT2D eigenvalue weighted by molar-refractivity contribution is 5.97. The van der Waals surface area contributed by atoms with Crippen molar-refractivity contribution in [2.75, 3.05) is 0 Å². The van der Waals surface area contributed by atoms with Crippen molar-refractivity contribution >= 4 is 17.3 Å². The predicted molar refractivity (Wildman–Crippen MR) is 259 cm³/mol. The molecule has 0 aliphatic heterocycles. The van der Waals surface area contributed by atoms with Gasteiger partial charge in [0.05, 0.1) is 62.1 Å². The fraction of sp³-hybridized carbons (Fsp3) is 0.151. The average Bonchev–Trinajstić information content (AvgIpc) is 3.35. The quantitative estimate of drug-likeness (QED) is 0.0871. The maximum absolute atomic E-state index is 13.2. The van der Waals surface area contributed by atoms with E-state index in [1.807, 2.05) is 58.0 Å². The minimum atomic E-state index is -0.432. The lowest BCUT2D eigenvalue weighted by Gasteiger charge is -2.08. The largest absolute Gasteiger partial charge is 0.454 e. The summed E-state index contributed by atoms with van der Waals surface area (Å²) in [7, 11) is 0. The molecule has 0 aliphatic rings. The van der Waals surface area contributed by atoms with Crippen LogP contribution in [-0.4, -0.2) is 77.2 Å². The van der Waals surface area contributed by atoms with Crippen molar-refractivity contribution in [1.29, 1.82) is 0 Å². The number of aryl methyl sites for hydroxylation is 5. The fourth-order valence-corrected chi connectivity index (χ4v) is 6.55. The molecule has 0 aromatic carbocycles. The molecule has 18 nitrogen and oxygen atoms in total. The summed E-state index contributed by atoms with van der Waals surface area (Å²) in [6.07, 6.45) is 16.9. The molecule has 0 amide bonds. The second-order valence-electron chi connectivity index (χ2n) is 15.9. The minimum Gasteiger partial charge on any atom is -0.454 e. The topological polar surface area (TPSA) is 234 Å². The zero-order valence-corrected chi connectivity index (χ0v) is 39.7. The number of halogens is 1. The number of rotatable bonds is 15. The molecule has 9 aromatic heterocycles. The van der Waals surface area contributed by atoms with E-state index in [4.69, 9.17) is 14.2 Å². The Labute approximate surface area is 413 Å². The van der Waals surface area contributed by atoms with E-state index in [0.717, 1.165) is 17.0 Å². The van der Waals surface area contributed by atoms with Crippen LogP contribution in [0.25, 0.3) is 0 Å². The van der Waals surface area contributed by atoms with Crippen molar-refractivity contribution in [2.45, 2.75) is 53.9 Å². The number of hydrogen-bond donors (Lipinski definition) is 0. The lowest BCUT2D eigenvalue weighted by Crippen LogP contribution is -2.08. The first-order valence-corrected chi connectivity index (χ1v) is 22.1. The summed E-state index contributed by atoms with van der Waals surface area (Å²) >= 11 is 0. The molecule has 0 saturated heterocycles. The van der Waals surface area contributed by atoms with Crippen molar-refractivity contribution in [3.05, 3.63) is 216 Å². The molecule has 0 radical (unpaired) electrons. The van der Waals surface area contributed by atoms with E-state index < -0.39 is 5.82 Å². The van der Waals surface area contributed by atoms with Crippen LogP contribution in [0.2, 0.25) is 0 Å². The van der Waals surface area contributed by atoms with E-state index in [1.54, 1.807) is 68.2 Å². The third kappa shape index (κ3) is 15.8. The summed E-state index contributed by atoms with van der Waals surface area (Å²) in [5.41, 5.74) is 6.68. The first-order chi connectivity index (χ1) is 34.8. The molecule has 0 unspecified atom stereocenters. The van der Waals surface area contributed by atoms with Crippen LogP contribution in [-0.2, 0) is 19.3 Å². The molecule has 0 fully saturated rings. The number of pyridine rings is 6. The maximum atomic E-state index is 13.2. The van der Waals surface area contributed by atoms with Gasteiger partial charge in [-0.3, -0.25) is 29.3 Å². The van der Waals surface area contributed by atoms with Gasteiger partial charge in [0, 0.05) is 83.0 Å². The second-order valence-corrected chi connectivity index (χ2v) is 15.9. The lowest BCUT2D eigenvalue weighted by molar-refractivity contribution is 0.0978. The number of hydrogen-bond acceptors (Lipinski definition) is 18. The predicted octanol–water partition coefficient (Wildman–Crippen LogP) is 9.13. The first-order valence-electron chi connectivity index (χ1n) is 22.1. The molecule has 0 aliphatic carbocycles. The Hall–Kier alpha value is -9.52. The molecule has 0 spiro atoms. The molecule has 72 heavy (non-hydrogen) atoms.